The second-order valence-electron chi connectivity index (χ2n) is 7.51. The van der Waals surface area contributed by atoms with E-state index in [-0.39, 0.29) is 30.4 Å². The number of aliphatic hydroxyl groups excluding tert-OH is 1. The van der Waals surface area contributed by atoms with E-state index in [1.54, 1.807) is 35.3 Å². The van der Waals surface area contributed by atoms with Crippen molar-refractivity contribution in [1.82, 2.24) is 14.9 Å². The first-order chi connectivity index (χ1) is 18.4. The van der Waals surface area contributed by atoms with Crippen molar-refractivity contribution in [3.05, 3.63) is 42.4 Å². The minimum atomic E-state index is -0.782. The van der Waals surface area contributed by atoms with Gasteiger partial charge in [0.25, 0.3) is 0 Å². The zero-order valence-corrected chi connectivity index (χ0v) is 21.3. The Balaban J connectivity index is 0.000000505. The number of amides is 2. The summed E-state index contributed by atoms with van der Waals surface area (Å²) in [5.74, 6) is 4.03. The van der Waals surface area contributed by atoms with Crippen LogP contribution >= 0.6 is 0 Å². The van der Waals surface area contributed by atoms with Crippen LogP contribution in [0.25, 0.3) is 0 Å². The van der Waals surface area contributed by atoms with Gasteiger partial charge >= 0.3 is 6.09 Å². The zero-order valence-electron chi connectivity index (χ0n) is 21.3. The van der Waals surface area contributed by atoms with Gasteiger partial charge in [0.05, 0.1) is 25.0 Å². The Morgan fingerprint density at radius 1 is 1.18 bits per heavy atom. The first-order valence-electron chi connectivity index (χ1n) is 11.6. The molecule has 0 radical (unpaired) electrons. The van der Waals surface area contributed by atoms with Crippen molar-refractivity contribution in [2.45, 2.75) is 19.4 Å². The van der Waals surface area contributed by atoms with Crippen molar-refractivity contribution in [3.63, 3.8) is 0 Å². The molecule has 0 aliphatic carbocycles. The molecule has 2 aliphatic rings. The lowest BCUT2D eigenvalue weighted by atomic mass is 10.2. The van der Waals surface area contributed by atoms with Crippen LogP contribution in [0.3, 0.4) is 0 Å². The van der Waals surface area contributed by atoms with Gasteiger partial charge in [0, 0.05) is 57.1 Å². The number of nitrogens with zero attached hydrogens (tertiary/aromatic N) is 5. The molecule has 2 amide bonds. The van der Waals surface area contributed by atoms with E-state index in [2.05, 4.69) is 21.1 Å². The summed E-state index contributed by atoms with van der Waals surface area (Å²) in [6, 6.07) is 2.17. The number of hydrogen-bond donors (Lipinski definition) is 4. The Bertz CT molecular complexity index is 990. The minimum absolute atomic E-state index is 0.0203. The van der Waals surface area contributed by atoms with Gasteiger partial charge in [0.15, 0.2) is 17.5 Å². The quantitative estimate of drug-likeness (QED) is 0.306. The predicted molar refractivity (Wildman–Crippen MR) is 137 cm³/mol. The highest BCUT2D eigenvalue weighted by Crippen LogP contribution is 2.31. The number of piperazine rings is 1. The van der Waals surface area contributed by atoms with E-state index in [0.29, 0.717) is 38.4 Å². The molecule has 4 rings (SSSR count). The SMILES string of the molecule is C=O.CCC(=O)N1CCN(c2c(F)cc(N3CC(CO)OC3=O)cc2F)CC1.CN.NNc1cnccn1. The highest BCUT2D eigenvalue weighted by Gasteiger charge is 2.33. The molecule has 15 heteroatoms. The maximum Gasteiger partial charge on any atom is 0.414 e. The predicted octanol–water partition coefficient (Wildman–Crippen LogP) is 0.493. The third-order valence-electron chi connectivity index (χ3n) is 5.35. The number of aliphatic hydroxyl groups is 1. The first-order valence-corrected chi connectivity index (χ1v) is 11.6. The Morgan fingerprint density at radius 3 is 2.21 bits per heavy atom. The summed E-state index contributed by atoms with van der Waals surface area (Å²) in [7, 11) is 1.50. The number of anilines is 3. The molecule has 13 nitrogen and oxygen atoms in total. The maximum absolute atomic E-state index is 14.6. The van der Waals surface area contributed by atoms with E-state index >= 15 is 0 Å². The fraction of sp³-hybridized carbons (Fsp3) is 0.435. The van der Waals surface area contributed by atoms with Crippen molar-refractivity contribution in [1.29, 1.82) is 0 Å². The van der Waals surface area contributed by atoms with Crippen LogP contribution in [0.1, 0.15) is 13.3 Å². The Labute approximate surface area is 219 Å². The molecule has 1 aromatic heterocycles. The molecule has 2 saturated heterocycles. The Hall–Kier alpha value is -3.95. The van der Waals surface area contributed by atoms with Crippen LogP contribution in [-0.2, 0) is 14.3 Å². The summed E-state index contributed by atoms with van der Waals surface area (Å²) in [4.78, 5) is 43.4. The number of ether oxygens (including phenoxy) is 1. The second-order valence-corrected chi connectivity index (χ2v) is 7.51. The van der Waals surface area contributed by atoms with Crippen LogP contribution in [0.2, 0.25) is 0 Å². The van der Waals surface area contributed by atoms with E-state index in [0.717, 1.165) is 17.0 Å². The largest absolute Gasteiger partial charge is 0.441 e. The molecular weight excluding hydrogens is 506 g/mol. The zero-order chi connectivity index (χ0) is 28.7. The number of cyclic esters (lactones) is 1. The molecule has 2 aliphatic heterocycles. The van der Waals surface area contributed by atoms with Gasteiger partial charge in [-0.1, -0.05) is 6.92 Å². The number of nitrogens with two attached hydrogens (primary N) is 2. The Kier molecular flexibility index (Phi) is 14.1. The molecule has 2 fully saturated rings. The van der Waals surface area contributed by atoms with E-state index in [9.17, 15) is 18.4 Å². The number of carbonyl (C=O) groups is 3. The average Bonchev–Trinajstić information content (AvgIpc) is 3.36. The number of hydrogen-bond acceptors (Lipinski definition) is 11. The number of rotatable bonds is 5. The molecule has 3 heterocycles. The van der Waals surface area contributed by atoms with E-state index in [4.69, 9.17) is 20.5 Å². The van der Waals surface area contributed by atoms with Crippen LogP contribution in [0, 0.1) is 11.6 Å². The van der Waals surface area contributed by atoms with Crippen LogP contribution < -0.4 is 26.8 Å². The molecule has 38 heavy (non-hydrogen) atoms. The lowest BCUT2D eigenvalue weighted by Gasteiger charge is -2.36. The number of carbonyl (C=O) groups excluding carboxylic acids is 3. The number of halogens is 2. The number of benzene rings is 1. The van der Waals surface area contributed by atoms with Crippen LogP contribution in [0.5, 0.6) is 0 Å². The maximum atomic E-state index is 14.6. The third kappa shape index (κ3) is 8.57. The monoisotopic (exact) mass is 540 g/mol. The fourth-order valence-electron chi connectivity index (χ4n) is 3.61. The molecule has 2 aromatic rings. The molecule has 6 N–H and O–H groups in total. The average molecular weight is 541 g/mol. The van der Waals surface area contributed by atoms with Gasteiger partial charge in [-0.05, 0) is 7.05 Å². The van der Waals surface area contributed by atoms with Gasteiger partial charge in [-0.2, -0.15) is 0 Å². The van der Waals surface area contributed by atoms with Gasteiger partial charge < -0.3 is 35.6 Å². The van der Waals surface area contributed by atoms with Gasteiger partial charge in [-0.3, -0.25) is 14.7 Å². The van der Waals surface area contributed by atoms with Gasteiger partial charge in [-0.25, -0.2) is 24.4 Å². The van der Waals surface area contributed by atoms with Crippen molar-refractivity contribution >= 4 is 36.0 Å². The summed E-state index contributed by atoms with van der Waals surface area (Å²) in [5, 5.41) is 9.06. The molecule has 1 atom stereocenters. The molecule has 0 saturated carbocycles. The van der Waals surface area contributed by atoms with Crippen LogP contribution in [0.4, 0.5) is 30.8 Å². The molecule has 1 unspecified atom stereocenters. The number of nitrogens with one attached hydrogen (secondary N) is 1. The van der Waals surface area contributed by atoms with Crippen LogP contribution in [0.15, 0.2) is 30.7 Å². The van der Waals surface area contributed by atoms with Crippen molar-refractivity contribution < 1.29 is 33.0 Å². The number of hydrazine groups is 1. The highest BCUT2D eigenvalue weighted by atomic mass is 19.1. The molecule has 0 spiro atoms. The topological polar surface area (TPSA) is 180 Å². The lowest BCUT2D eigenvalue weighted by molar-refractivity contribution is -0.131. The molecular formula is C23H34F2N8O5. The lowest BCUT2D eigenvalue weighted by Crippen LogP contribution is -2.49. The van der Waals surface area contributed by atoms with Crippen molar-refractivity contribution in [2.75, 3.05) is 61.6 Å². The minimum Gasteiger partial charge on any atom is -0.441 e. The summed E-state index contributed by atoms with van der Waals surface area (Å²) in [5.41, 5.74) is 6.74. The van der Waals surface area contributed by atoms with Crippen molar-refractivity contribution in [2.24, 2.45) is 11.6 Å². The number of aromatic nitrogens is 2. The Morgan fingerprint density at radius 2 is 1.79 bits per heavy atom. The molecule has 210 valence electrons. The van der Waals surface area contributed by atoms with Crippen LogP contribution in [-0.4, -0.2) is 91.2 Å². The molecule has 1 aromatic carbocycles. The van der Waals surface area contributed by atoms with Gasteiger partial charge in [-0.15, -0.1) is 0 Å². The third-order valence-corrected chi connectivity index (χ3v) is 5.35. The summed E-state index contributed by atoms with van der Waals surface area (Å²) in [6.45, 7) is 4.93. The summed E-state index contributed by atoms with van der Waals surface area (Å²) < 4.78 is 34.1. The molecule has 0 bridgehead atoms. The number of nitrogen functional groups attached to an aromatic ring is 1. The van der Waals surface area contributed by atoms with Gasteiger partial charge in [0.1, 0.15) is 18.6 Å². The van der Waals surface area contributed by atoms with Gasteiger partial charge in [0.2, 0.25) is 5.91 Å². The summed E-state index contributed by atoms with van der Waals surface area (Å²) >= 11 is 0. The fourth-order valence-corrected chi connectivity index (χ4v) is 3.61. The standard InChI is InChI=1S/C17H21F2N3O4.C4H6N4.CH5N.CH2O/c1-2-15(24)20-3-5-21(6-4-20)16-13(18)7-11(8-14(16)19)22-9-12(10-23)26-17(22)25;5-8-4-3-6-1-2-7-4;2*1-2/h7-8,12,23H,2-6,9-10H2,1H3;1-3H,5H2,(H,7,8);2H2,1H3;1H2. The second kappa shape index (κ2) is 16.7. The normalized spacial score (nSPS) is 16.1. The highest BCUT2D eigenvalue weighted by molar-refractivity contribution is 5.90. The van der Waals surface area contributed by atoms with Crippen molar-refractivity contribution in [3.8, 4) is 0 Å². The first kappa shape index (κ1) is 32.1. The smallest absolute Gasteiger partial charge is 0.414 e. The summed E-state index contributed by atoms with van der Waals surface area (Å²) in [6.07, 6.45) is 3.63. The van der Waals surface area contributed by atoms with E-state index < -0.39 is 23.8 Å². The van der Waals surface area contributed by atoms with E-state index in [1.165, 1.54) is 7.05 Å². The van der Waals surface area contributed by atoms with E-state index in [1.807, 2.05) is 6.79 Å².